The predicted octanol–water partition coefficient (Wildman–Crippen LogP) is 4.20. The minimum atomic E-state index is -0.496. The standard InChI is InChI=1S/C25H31N9O2/c1-25(2)14-33(19-9-7-17(16-5-6-16)30-23(19)25)22-13-21(27-15-28-22)29-18-8-10-20(26-11-12-32(3)4)31-24(18)34(35)36/h7-10,13,15-16H,5-6,11-12,14H2,1-4H3,(H,26,31)(H,27,28,29). The van der Waals surface area contributed by atoms with Gasteiger partial charge in [0.2, 0.25) is 5.82 Å². The van der Waals surface area contributed by atoms with Crippen LogP contribution in [0.25, 0.3) is 0 Å². The normalized spacial score (nSPS) is 16.2. The van der Waals surface area contributed by atoms with Crippen LogP contribution in [-0.4, -0.2) is 63.5 Å². The molecule has 1 aliphatic heterocycles. The highest BCUT2D eigenvalue weighted by Crippen LogP contribution is 2.46. The minimum absolute atomic E-state index is 0.128. The second-order valence-corrected chi connectivity index (χ2v) is 10.3. The van der Waals surface area contributed by atoms with Crippen LogP contribution in [0.5, 0.6) is 0 Å². The van der Waals surface area contributed by atoms with Crippen molar-refractivity contribution in [1.82, 2.24) is 24.8 Å². The van der Waals surface area contributed by atoms with Gasteiger partial charge in [-0.05, 0) is 55.0 Å². The molecule has 5 rings (SSSR count). The highest BCUT2D eigenvalue weighted by Gasteiger charge is 2.39. The summed E-state index contributed by atoms with van der Waals surface area (Å²) in [5, 5.41) is 17.9. The summed E-state index contributed by atoms with van der Waals surface area (Å²) in [6.07, 6.45) is 3.89. The zero-order valence-corrected chi connectivity index (χ0v) is 21.0. The van der Waals surface area contributed by atoms with Crippen molar-refractivity contribution in [2.24, 2.45) is 0 Å². The number of hydrogen-bond acceptors (Lipinski definition) is 10. The summed E-state index contributed by atoms with van der Waals surface area (Å²) in [5.41, 5.74) is 3.43. The van der Waals surface area contributed by atoms with E-state index in [2.05, 4.69) is 56.5 Å². The van der Waals surface area contributed by atoms with E-state index in [-0.39, 0.29) is 16.9 Å². The van der Waals surface area contributed by atoms with Crippen molar-refractivity contribution in [1.29, 1.82) is 0 Å². The third-order valence-electron chi connectivity index (χ3n) is 6.48. The number of nitrogens with one attached hydrogen (secondary N) is 2. The molecule has 1 aliphatic carbocycles. The number of aromatic nitrogens is 4. The van der Waals surface area contributed by atoms with Crippen LogP contribution in [-0.2, 0) is 5.41 Å². The SMILES string of the molecule is CN(C)CCNc1ccc(Nc2cc(N3CC(C)(C)c4nc(C5CC5)ccc43)ncn2)c([N+](=O)[O-])n1. The van der Waals surface area contributed by atoms with Crippen LogP contribution in [0, 0.1) is 10.1 Å². The number of hydrogen-bond donors (Lipinski definition) is 2. The molecular formula is C25H31N9O2. The maximum absolute atomic E-state index is 11.7. The molecule has 3 aromatic heterocycles. The molecule has 11 heteroatoms. The molecule has 11 nitrogen and oxygen atoms in total. The highest BCUT2D eigenvalue weighted by molar-refractivity contribution is 5.73. The number of likely N-dealkylation sites (N-methyl/N-ethyl adjacent to an activating group) is 1. The summed E-state index contributed by atoms with van der Waals surface area (Å²) < 4.78 is 0. The molecule has 0 bridgehead atoms. The Hall–Kier alpha value is -3.86. The van der Waals surface area contributed by atoms with Crippen LogP contribution < -0.4 is 15.5 Å². The van der Waals surface area contributed by atoms with E-state index in [0.29, 0.717) is 29.9 Å². The topological polar surface area (TPSA) is 125 Å². The van der Waals surface area contributed by atoms with E-state index in [0.717, 1.165) is 24.5 Å². The van der Waals surface area contributed by atoms with E-state index in [1.165, 1.54) is 24.9 Å². The second-order valence-electron chi connectivity index (χ2n) is 10.3. The quantitative estimate of drug-likeness (QED) is 0.334. The number of anilines is 5. The van der Waals surface area contributed by atoms with E-state index < -0.39 is 4.92 Å². The monoisotopic (exact) mass is 489 g/mol. The Morgan fingerprint density at radius 2 is 1.94 bits per heavy atom. The first-order valence-electron chi connectivity index (χ1n) is 12.1. The molecule has 0 saturated heterocycles. The van der Waals surface area contributed by atoms with Crippen molar-refractivity contribution in [3.05, 3.63) is 58.2 Å². The summed E-state index contributed by atoms with van der Waals surface area (Å²) in [4.78, 5) is 33.4. The number of fused-ring (bicyclic) bond motifs is 1. The van der Waals surface area contributed by atoms with Gasteiger partial charge in [0, 0.05) is 48.8 Å². The van der Waals surface area contributed by atoms with Crippen LogP contribution in [0.2, 0.25) is 0 Å². The molecule has 0 amide bonds. The van der Waals surface area contributed by atoms with Crippen molar-refractivity contribution in [3.8, 4) is 0 Å². The molecule has 3 aromatic rings. The lowest BCUT2D eigenvalue weighted by Crippen LogP contribution is -2.26. The summed E-state index contributed by atoms with van der Waals surface area (Å²) in [5.74, 6) is 1.93. The summed E-state index contributed by atoms with van der Waals surface area (Å²) in [6, 6.07) is 9.41. The van der Waals surface area contributed by atoms with Gasteiger partial charge in [-0.3, -0.25) is 4.98 Å². The molecule has 188 valence electrons. The lowest BCUT2D eigenvalue weighted by atomic mass is 9.91. The first kappa shape index (κ1) is 23.9. The van der Waals surface area contributed by atoms with Gasteiger partial charge < -0.3 is 30.5 Å². The van der Waals surface area contributed by atoms with Gasteiger partial charge in [0.05, 0.1) is 11.4 Å². The summed E-state index contributed by atoms with van der Waals surface area (Å²) in [7, 11) is 3.93. The Kier molecular flexibility index (Phi) is 6.17. The molecule has 1 fully saturated rings. The van der Waals surface area contributed by atoms with Gasteiger partial charge in [0.15, 0.2) is 0 Å². The molecule has 2 aliphatic rings. The van der Waals surface area contributed by atoms with Gasteiger partial charge in [0.25, 0.3) is 0 Å². The van der Waals surface area contributed by atoms with Gasteiger partial charge in [-0.25, -0.2) is 9.97 Å². The summed E-state index contributed by atoms with van der Waals surface area (Å²) >= 11 is 0. The van der Waals surface area contributed by atoms with Crippen molar-refractivity contribution in [2.75, 3.05) is 49.3 Å². The van der Waals surface area contributed by atoms with Crippen LogP contribution in [0.1, 0.15) is 44.0 Å². The zero-order valence-electron chi connectivity index (χ0n) is 21.0. The molecule has 1 saturated carbocycles. The highest BCUT2D eigenvalue weighted by atomic mass is 16.6. The molecule has 0 aromatic carbocycles. The van der Waals surface area contributed by atoms with Crippen LogP contribution >= 0.6 is 0 Å². The van der Waals surface area contributed by atoms with Gasteiger partial charge >= 0.3 is 5.82 Å². The van der Waals surface area contributed by atoms with Crippen LogP contribution in [0.15, 0.2) is 36.7 Å². The number of nitro groups is 1. The smallest absolute Gasteiger partial charge is 0.358 e. The van der Waals surface area contributed by atoms with Gasteiger partial charge in [-0.2, -0.15) is 0 Å². The molecular weight excluding hydrogens is 458 g/mol. The van der Waals surface area contributed by atoms with Gasteiger partial charge in [-0.1, -0.05) is 13.8 Å². The molecule has 36 heavy (non-hydrogen) atoms. The molecule has 0 radical (unpaired) electrons. The maximum Gasteiger partial charge on any atom is 0.389 e. The van der Waals surface area contributed by atoms with Crippen molar-refractivity contribution >= 4 is 34.6 Å². The van der Waals surface area contributed by atoms with Crippen molar-refractivity contribution < 1.29 is 4.92 Å². The third kappa shape index (κ3) is 4.92. The number of pyridine rings is 2. The average molecular weight is 490 g/mol. The largest absolute Gasteiger partial charge is 0.389 e. The molecule has 2 N–H and O–H groups in total. The van der Waals surface area contributed by atoms with Gasteiger partial charge in [0.1, 0.15) is 23.7 Å². The second kappa shape index (κ2) is 9.30. The van der Waals surface area contributed by atoms with E-state index in [1.54, 1.807) is 18.2 Å². The van der Waals surface area contributed by atoms with Crippen LogP contribution in [0.4, 0.5) is 34.6 Å². The Bertz CT molecular complexity index is 1290. The summed E-state index contributed by atoms with van der Waals surface area (Å²) in [6.45, 7) is 6.53. The Labute approximate surface area is 210 Å². The van der Waals surface area contributed by atoms with Crippen molar-refractivity contribution in [3.63, 3.8) is 0 Å². The van der Waals surface area contributed by atoms with E-state index in [1.807, 2.05) is 19.0 Å². The Balaban J connectivity index is 1.38. The fraction of sp³-hybridized carbons (Fsp3) is 0.440. The lowest BCUT2D eigenvalue weighted by Gasteiger charge is -2.21. The fourth-order valence-electron chi connectivity index (χ4n) is 4.44. The van der Waals surface area contributed by atoms with E-state index in [9.17, 15) is 10.1 Å². The molecule has 4 heterocycles. The van der Waals surface area contributed by atoms with E-state index in [4.69, 9.17) is 4.98 Å². The third-order valence-corrected chi connectivity index (χ3v) is 6.48. The predicted molar refractivity (Wildman–Crippen MR) is 139 cm³/mol. The maximum atomic E-state index is 11.7. The van der Waals surface area contributed by atoms with Gasteiger partial charge in [-0.15, -0.1) is 0 Å². The van der Waals surface area contributed by atoms with E-state index >= 15 is 0 Å². The average Bonchev–Trinajstić information content (AvgIpc) is 3.65. The molecule has 0 spiro atoms. The lowest BCUT2D eigenvalue weighted by molar-refractivity contribution is -0.388. The first-order chi connectivity index (χ1) is 17.2. The van der Waals surface area contributed by atoms with Crippen molar-refractivity contribution in [2.45, 2.75) is 38.0 Å². The molecule has 0 atom stereocenters. The molecule has 0 unspecified atom stereocenters. The fourth-order valence-corrected chi connectivity index (χ4v) is 4.44. The first-order valence-corrected chi connectivity index (χ1v) is 12.1. The Morgan fingerprint density at radius 3 is 2.67 bits per heavy atom. The zero-order chi connectivity index (χ0) is 25.4. The number of nitrogens with zero attached hydrogens (tertiary/aromatic N) is 7. The Morgan fingerprint density at radius 1 is 1.14 bits per heavy atom. The van der Waals surface area contributed by atoms with Crippen LogP contribution in [0.3, 0.4) is 0 Å². The minimum Gasteiger partial charge on any atom is -0.358 e. The number of rotatable bonds is 9.